The molecule has 0 amide bonds. The number of pyridine rings is 1. The Morgan fingerprint density at radius 2 is 1.85 bits per heavy atom. The van der Waals surface area contributed by atoms with Crippen LogP contribution in [0.1, 0.15) is 29.4 Å². The molecule has 33 heavy (non-hydrogen) atoms. The van der Waals surface area contributed by atoms with E-state index < -0.39 is 0 Å². The maximum Gasteiger partial charge on any atom is 0.252 e. The second kappa shape index (κ2) is 10.5. The Balaban J connectivity index is 1.64. The number of methoxy groups -OCH3 is 1. The Morgan fingerprint density at radius 3 is 2.61 bits per heavy atom. The van der Waals surface area contributed by atoms with Gasteiger partial charge < -0.3 is 9.72 Å². The molecule has 2 aromatic heterocycles. The lowest BCUT2D eigenvalue weighted by molar-refractivity contribution is 0.177. The number of ether oxygens (including phenoxy) is 1. The molecule has 1 N–H and O–H groups in total. The molecule has 0 spiro atoms. The molecule has 0 radical (unpaired) electrons. The highest BCUT2D eigenvalue weighted by atomic mass is 19.1. The van der Waals surface area contributed by atoms with Gasteiger partial charge in [0.2, 0.25) is 0 Å². The Hall–Kier alpha value is -3.43. The fourth-order valence-electron chi connectivity index (χ4n) is 3.78. The maximum absolute atomic E-state index is 13.4. The van der Waals surface area contributed by atoms with Gasteiger partial charge in [-0.05, 0) is 63.7 Å². The first-order valence-corrected chi connectivity index (χ1v) is 10.9. The van der Waals surface area contributed by atoms with Gasteiger partial charge in [-0.15, -0.1) is 5.10 Å². The molecule has 0 fully saturated rings. The molecule has 4 rings (SSSR count). The van der Waals surface area contributed by atoms with E-state index in [4.69, 9.17) is 4.74 Å². The number of halogens is 1. The SMILES string of the molecule is CCc1ccc2[nH]c(=O)c(CN(Cc3ccc(F)cc3)Cc3nnnn3CCOC)cc2c1. The zero-order valence-corrected chi connectivity index (χ0v) is 18.8. The monoisotopic (exact) mass is 450 g/mol. The predicted octanol–water partition coefficient (Wildman–Crippen LogP) is 3.06. The first-order chi connectivity index (χ1) is 16.1. The van der Waals surface area contributed by atoms with Crippen LogP contribution in [0.25, 0.3) is 10.9 Å². The van der Waals surface area contributed by atoms with Crippen molar-refractivity contribution in [1.29, 1.82) is 0 Å². The van der Waals surface area contributed by atoms with Crippen LogP contribution in [0, 0.1) is 5.82 Å². The van der Waals surface area contributed by atoms with Crippen molar-refractivity contribution in [2.75, 3.05) is 13.7 Å². The van der Waals surface area contributed by atoms with E-state index in [9.17, 15) is 9.18 Å². The van der Waals surface area contributed by atoms with Crippen LogP contribution in [-0.4, -0.2) is 43.8 Å². The molecule has 0 unspecified atom stereocenters. The molecule has 0 aliphatic heterocycles. The molecule has 0 bridgehead atoms. The number of aryl methyl sites for hydroxylation is 1. The number of benzene rings is 2. The van der Waals surface area contributed by atoms with Crippen LogP contribution in [0.3, 0.4) is 0 Å². The van der Waals surface area contributed by atoms with Gasteiger partial charge in [0, 0.05) is 31.3 Å². The summed E-state index contributed by atoms with van der Waals surface area (Å²) < 4.78 is 20.2. The van der Waals surface area contributed by atoms with Crippen molar-refractivity contribution >= 4 is 10.9 Å². The topological polar surface area (TPSA) is 88.9 Å². The first kappa shape index (κ1) is 22.8. The van der Waals surface area contributed by atoms with Crippen molar-refractivity contribution in [3.63, 3.8) is 0 Å². The first-order valence-electron chi connectivity index (χ1n) is 10.9. The van der Waals surface area contributed by atoms with Crippen LogP contribution in [0.2, 0.25) is 0 Å². The molecule has 0 aliphatic rings. The van der Waals surface area contributed by atoms with Gasteiger partial charge in [0.05, 0.1) is 19.7 Å². The predicted molar refractivity (Wildman–Crippen MR) is 123 cm³/mol. The normalized spacial score (nSPS) is 11.5. The van der Waals surface area contributed by atoms with E-state index in [-0.39, 0.29) is 11.4 Å². The van der Waals surface area contributed by atoms with E-state index in [1.165, 1.54) is 17.7 Å². The second-order valence-corrected chi connectivity index (χ2v) is 7.98. The van der Waals surface area contributed by atoms with Gasteiger partial charge in [0.1, 0.15) is 5.82 Å². The lowest BCUT2D eigenvalue weighted by Crippen LogP contribution is -2.28. The zero-order chi connectivity index (χ0) is 23.2. The second-order valence-electron chi connectivity index (χ2n) is 7.98. The molecule has 8 nitrogen and oxygen atoms in total. The highest BCUT2D eigenvalue weighted by Crippen LogP contribution is 2.17. The number of nitrogens with zero attached hydrogens (tertiary/aromatic N) is 5. The van der Waals surface area contributed by atoms with Gasteiger partial charge in [-0.2, -0.15) is 0 Å². The highest BCUT2D eigenvalue weighted by molar-refractivity contribution is 5.79. The van der Waals surface area contributed by atoms with Gasteiger partial charge in [-0.1, -0.05) is 25.1 Å². The minimum Gasteiger partial charge on any atom is -0.383 e. The average Bonchev–Trinajstić information content (AvgIpc) is 3.26. The summed E-state index contributed by atoms with van der Waals surface area (Å²) in [5, 5.41) is 13.0. The summed E-state index contributed by atoms with van der Waals surface area (Å²) in [7, 11) is 1.63. The fourth-order valence-corrected chi connectivity index (χ4v) is 3.78. The molecule has 0 atom stereocenters. The van der Waals surface area contributed by atoms with Crippen molar-refractivity contribution in [2.24, 2.45) is 0 Å². The molecule has 0 aliphatic carbocycles. The third kappa shape index (κ3) is 5.68. The fraction of sp³-hybridized carbons (Fsp3) is 0.333. The summed E-state index contributed by atoms with van der Waals surface area (Å²) in [5.74, 6) is 0.381. The average molecular weight is 451 g/mol. The molecule has 9 heteroatoms. The summed E-state index contributed by atoms with van der Waals surface area (Å²) in [6.45, 7) is 4.42. The van der Waals surface area contributed by atoms with Crippen molar-refractivity contribution < 1.29 is 9.13 Å². The summed E-state index contributed by atoms with van der Waals surface area (Å²) in [6, 6.07) is 14.4. The van der Waals surface area contributed by atoms with E-state index in [1.54, 1.807) is 23.9 Å². The van der Waals surface area contributed by atoms with E-state index in [2.05, 4.69) is 38.4 Å². The minimum atomic E-state index is -0.286. The van der Waals surface area contributed by atoms with E-state index in [0.717, 1.165) is 22.9 Å². The van der Waals surface area contributed by atoms with Crippen molar-refractivity contribution in [1.82, 2.24) is 30.1 Å². The third-order valence-corrected chi connectivity index (χ3v) is 5.59. The van der Waals surface area contributed by atoms with Crippen LogP contribution < -0.4 is 5.56 Å². The Bertz CT molecular complexity index is 1270. The van der Waals surface area contributed by atoms with Gasteiger partial charge in [-0.3, -0.25) is 9.69 Å². The van der Waals surface area contributed by atoms with E-state index in [1.807, 2.05) is 18.2 Å². The number of aromatic nitrogens is 5. The molecule has 2 aromatic carbocycles. The molecular formula is C24H27FN6O2. The quantitative estimate of drug-likeness (QED) is 0.400. The van der Waals surface area contributed by atoms with Crippen LogP contribution in [0.4, 0.5) is 4.39 Å². The molecule has 0 saturated heterocycles. The summed E-state index contributed by atoms with van der Waals surface area (Å²) in [6.07, 6.45) is 0.922. The Labute approximate surface area is 191 Å². The van der Waals surface area contributed by atoms with Gasteiger partial charge >= 0.3 is 0 Å². The largest absolute Gasteiger partial charge is 0.383 e. The number of H-pyrrole nitrogens is 1. The van der Waals surface area contributed by atoms with E-state index >= 15 is 0 Å². The molecular weight excluding hydrogens is 423 g/mol. The third-order valence-electron chi connectivity index (χ3n) is 5.59. The summed E-state index contributed by atoms with van der Waals surface area (Å²) in [5.41, 5.74) is 3.47. The van der Waals surface area contributed by atoms with Crippen molar-refractivity contribution in [2.45, 2.75) is 39.5 Å². The number of hydrogen-bond acceptors (Lipinski definition) is 6. The van der Waals surface area contributed by atoms with E-state index in [0.29, 0.717) is 44.2 Å². The number of rotatable bonds is 10. The highest BCUT2D eigenvalue weighted by Gasteiger charge is 2.16. The molecule has 0 saturated carbocycles. The maximum atomic E-state index is 13.4. The van der Waals surface area contributed by atoms with Crippen LogP contribution >= 0.6 is 0 Å². The number of tetrazole rings is 1. The van der Waals surface area contributed by atoms with Gasteiger partial charge in [0.25, 0.3) is 5.56 Å². The standard InChI is InChI=1S/C24H27FN6O2/c1-3-17-6-9-22-19(12-17)13-20(24(32)26-22)15-30(14-18-4-7-21(25)8-5-18)16-23-27-28-29-31(23)10-11-33-2/h4-9,12-13H,3,10-11,14-16H2,1-2H3,(H,26,32). The van der Waals surface area contributed by atoms with Crippen LogP contribution in [-0.2, 0) is 37.3 Å². The number of nitrogens with one attached hydrogen (secondary N) is 1. The smallest absolute Gasteiger partial charge is 0.252 e. The lowest BCUT2D eigenvalue weighted by atomic mass is 10.1. The van der Waals surface area contributed by atoms with Crippen LogP contribution in [0.5, 0.6) is 0 Å². The van der Waals surface area contributed by atoms with Crippen molar-refractivity contribution in [3.05, 3.63) is 87.2 Å². The number of fused-ring (bicyclic) bond motifs is 1. The lowest BCUT2D eigenvalue weighted by Gasteiger charge is -2.22. The number of hydrogen-bond donors (Lipinski definition) is 1. The summed E-state index contributed by atoms with van der Waals surface area (Å²) in [4.78, 5) is 17.9. The molecule has 172 valence electrons. The Kier molecular flexibility index (Phi) is 7.21. The van der Waals surface area contributed by atoms with Crippen LogP contribution in [0.15, 0.2) is 53.3 Å². The molecule has 4 aromatic rings. The molecule has 2 heterocycles. The minimum absolute atomic E-state index is 0.130. The van der Waals surface area contributed by atoms with Gasteiger partial charge in [0.15, 0.2) is 5.82 Å². The van der Waals surface area contributed by atoms with Gasteiger partial charge in [-0.25, -0.2) is 9.07 Å². The summed E-state index contributed by atoms with van der Waals surface area (Å²) >= 11 is 0. The zero-order valence-electron chi connectivity index (χ0n) is 18.8. The van der Waals surface area contributed by atoms with Crippen molar-refractivity contribution in [3.8, 4) is 0 Å². The Morgan fingerprint density at radius 1 is 1.06 bits per heavy atom. The number of aromatic amines is 1.